The Kier molecular flexibility index (Phi) is 4.72. The first-order chi connectivity index (χ1) is 9.19. The van der Waals surface area contributed by atoms with Gasteiger partial charge >= 0.3 is 0 Å². The predicted molar refractivity (Wildman–Crippen MR) is 79.2 cm³/mol. The van der Waals surface area contributed by atoms with Gasteiger partial charge in [-0.05, 0) is 22.8 Å². The Labute approximate surface area is 124 Å². The monoisotopic (exact) mass is 340 g/mol. The van der Waals surface area contributed by atoms with Crippen LogP contribution in [-0.4, -0.2) is 6.29 Å². The van der Waals surface area contributed by atoms with Gasteiger partial charge in [0.15, 0.2) is 0 Å². The van der Waals surface area contributed by atoms with Gasteiger partial charge in [0.05, 0.1) is 0 Å². The third kappa shape index (κ3) is 2.88. The molecule has 0 atom stereocenters. The van der Waals surface area contributed by atoms with Crippen LogP contribution in [0.1, 0.15) is 11.1 Å². The first-order valence-corrected chi connectivity index (χ1v) is 6.91. The Morgan fingerprint density at radius 2 is 1.89 bits per heavy atom. The van der Waals surface area contributed by atoms with E-state index in [2.05, 4.69) is 15.9 Å². The van der Waals surface area contributed by atoms with Gasteiger partial charge in [0, 0.05) is 21.5 Å². The minimum atomic E-state index is -0.685. The smallest absolute Gasteiger partial charge is 0.124 e. The van der Waals surface area contributed by atoms with Gasteiger partial charge in [-0.3, -0.25) is 0 Å². The highest BCUT2D eigenvalue weighted by molar-refractivity contribution is 9.10. The fourth-order valence-electron chi connectivity index (χ4n) is 2.08. The van der Waals surface area contributed by atoms with Crippen molar-refractivity contribution < 1.29 is 9.18 Å². The van der Waals surface area contributed by atoms with E-state index < -0.39 is 6.67 Å². The van der Waals surface area contributed by atoms with E-state index in [0.29, 0.717) is 16.1 Å². The molecule has 0 amide bonds. The van der Waals surface area contributed by atoms with Crippen molar-refractivity contribution in [1.82, 2.24) is 0 Å². The first kappa shape index (κ1) is 14.2. The van der Waals surface area contributed by atoms with Gasteiger partial charge in [-0.1, -0.05) is 57.9 Å². The second-order valence-electron chi connectivity index (χ2n) is 4.04. The zero-order chi connectivity index (χ0) is 13.8. The molecule has 0 aliphatic heterocycles. The van der Waals surface area contributed by atoms with Crippen molar-refractivity contribution in [3.63, 3.8) is 0 Å². The van der Waals surface area contributed by atoms with Gasteiger partial charge in [-0.2, -0.15) is 0 Å². The zero-order valence-electron chi connectivity index (χ0n) is 10.00. The summed E-state index contributed by atoms with van der Waals surface area (Å²) in [7, 11) is 0. The summed E-state index contributed by atoms with van der Waals surface area (Å²) in [5, 5.41) is 0.339. The normalized spacial score (nSPS) is 10.5. The molecule has 4 heteroatoms. The maximum atomic E-state index is 13.2. The van der Waals surface area contributed by atoms with Crippen LogP contribution in [-0.2, 0) is 17.9 Å². The Bertz CT molecular complexity index is 599. The number of benzene rings is 2. The molecule has 2 aromatic carbocycles. The van der Waals surface area contributed by atoms with Crippen molar-refractivity contribution >= 4 is 33.8 Å². The van der Waals surface area contributed by atoms with Gasteiger partial charge in [0.2, 0.25) is 0 Å². The molecule has 0 aliphatic carbocycles. The molecule has 0 spiro atoms. The lowest BCUT2D eigenvalue weighted by Crippen LogP contribution is -2.00. The summed E-state index contributed by atoms with van der Waals surface area (Å²) in [5.74, 6) is 0. The molecule has 0 N–H and O–H groups in total. The highest BCUT2D eigenvalue weighted by atomic mass is 79.9. The van der Waals surface area contributed by atoms with E-state index in [0.717, 1.165) is 21.9 Å². The summed E-state index contributed by atoms with van der Waals surface area (Å²) in [4.78, 5) is 10.9. The summed E-state index contributed by atoms with van der Waals surface area (Å²) in [5.41, 5.74) is 2.78. The molecule has 0 fully saturated rings. The average Bonchev–Trinajstić information content (AvgIpc) is 2.40. The number of rotatable bonds is 4. The van der Waals surface area contributed by atoms with E-state index in [1.54, 1.807) is 6.07 Å². The molecule has 0 saturated carbocycles. The summed E-state index contributed by atoms with van der Waals surface area (Å²) in [6.45, 7) is -0.685. The lowest BCUT2D eigenvalue weighted by molar-refractivity contribution is -0.107. The number of hydrogen-bond acceptors (Lipinski definition) is 1. The number of alkyl halides is 1. The van der Waals surface area contributed by atoms with Crippen LogP contribution >= 0.6 is 27.5 Å². The second-order valence-corrected chi connectivity index (χ2v) is 5.30. The van der Waals surface area contributed by atoms with Crippen LogP contribution in [0.3, 0.4) is 0 Å². The van der Waals surface area contributed by atoms with Crippen LogP contribution in [0.15, 0.2) is 40.9 Å². The number of aldehydes is 1. The SMILES string of the molecule is O=CCc1c(CF)c(Cl)cc(Br)c1-c1ccccc1. The molecule has 0 saturated heterocycles. The molecular weight excluding hydrogens is 331 g/mol. The molecule has 2 aromatic rings. The average molecular weight is 342 g/mol. The van der Waals surface area contributed by atoms with Gasteiger partial charge in [0.25, 0.3) is 0 Å². The lowest BCUT2D eigenvalue weighted by Gasteiger charge is -2.15. The van der Waals surface area contributed by atoms with Gasteiger partial charge in [-0.15, -0.1) is 0 Å². The van der Waals surface area contributed by atoms with E-state index >= 15 is 0 Å². The Balaban J connectivity index is 2.74. The minimum Gasteiger partial charge on any atom is -0.303 e. The lowest BCUT2D eigenvalue weighted by atomic mass is 9.94. The quantitative estimate of drug-likeness (QED) is 0.717. The van der Waals surface area contributed by atoms with Crippen LogP contribution in [0.4, 0.5) is 4.39 Å². The van der Waals surface area contributed by atoms with E-state index in [4.69, 9.17) is 11.6 Å². The summed E-state index contributed by atoms with van der Waals surface area (Å²) >= 11 is 9.49. The third-order valence-corrected chi connectivity index (χ3v) is 3.89. The molecule has 98 valence electrons. The summed E-state index contributed by atoms with van der Waals surface area (Å²) in [6, 6.07) is 11.2. The predicted octanol–water partition coefficient (Wildman–Crippen LogP) is 4.98. The van der Waals surface area contributed by atoms with Crippen LogP contribution in [0.2, 0.25) is 5.02 Å². The highest BCUT2D eigenvalue weighted by Crippen LogP contribution is 2.38. The zero-order valence-corrected chi connectivity index (χ0v) is 12.3. The molecule has 0 aromatic heterocycles. The number of hydrogen-bond donors (Lipinski definition) is 0. The van der Waals surface area contributed by atoms with Crippen molar-refractivity contribution in [3.05, 3.63) is 57.0 Å². The van der Waals surface area contributed by atoms with Crippen molar-refractivity contribution in [1.29, 1.82) is 0 Å². The van der Waals surface area contributed by atoms with E-state index in [1.165, 1.54) is 0 Å². The second kappa shape index (κ2) is 6.31. The fourth-order valence-corrected chi connectivity index (χ4v) is 3.18. The standard InChI is InChI=1S/C15H11BrClFO/c16-13-8-14(17)12(9-18)11(6-7-19)15(13)10-4-2-1-3-5-10/h1-5,7-8H,6,9H2. The number of carbonyl (C=O) groups excluding carboxylic acids is 1. The Morgan fingerprint density at radius 1 is 1.21 bits per heavy atom. The Morgan fingerprint density at radius 3 is 2.47 bits per heavy atom. The topological polar surface area (TPSA) is 17.1 Å². The van der Waals surface area contributed by atoms with E-state index in [1.807, 2.05) is 30.3 Å². The molecule has 1 nitrogen and oxygen atoms in total. The highest BCUT2D eigenvalue weighted by Gasteiger charge is 2.17. The molecule has 0 heterocycles. The van der Waals surface area contributed by atoms with Gasteiger partial charge in [-0.25, -0.2) is 4.39 Å². The van der Waals surface area contributed by atoms with Crippen molar-refractivity contribution in [2.24, 2.45) is 0 Å². The van der Waals surface area contributed by atoms with Gasteiger partial charge < -0.3 is 4.79 Å². The molecule has 0 aliphatic rings. The van der Waals surface area contributed by atoms with Crippen LogP contribution in [0.5, 0.6) is 0 Å². The molecule has 0 unspecified atom stereocenters. The largest absolute Gasteiger partial charge is 0.303 e. The fraction of sp³-hybridized carbons (Fsp3) is 0.133. The first-order valence-electron chi connectivity index (χ1n) is 5.73. The van der Waals surface area contributed by atoms with Crippen molar-refractivity contribution in [3.8, 4) is 11.1 Å². The van der Waals surface area contributed by atoms with Crippen molar-refractivity contribution in [2.45, 2.75) is 13.1 Å². The maximum absolute atomic E-state index is 13.2. The van der Waals surface area contributed by atoms with Crippen LogP contribution in [0.25, 0.3) is 11.1 Å². The van der Waals surface area contributed by atoms with E-state index in [-0.39, 0.29) is 6.42 Å². The number of halogens is 3. The molecule has 19 heavy (non-hydrogen) atoms. The molecule has 2 rings (SSSR count). The molecule has 0 radical (unpaired) electrons. The Hall–Kier alpha value is -1.19. The number of carbonyl (C=O) groups is 1. The minimum absolute atomic E-state index is 0.142. The third-order valence-electron chi connectivity index (χ3n) is 2.93. The van der Waals surface area contributed by atoms with Crippen molar-refractivity contribution in [2.75, 3.05) is 0 Å². The summed E-state index contributed by atoms with van der Waals surface area (Å²) in [6.07, 6.45) is 0.909. The summed E-state index contributed by atoms with van der Waals surface area (Å²) < 4.78 is 13.9. The molecule has 0 bridgehead atoms. The van der Waals surface area contributed by atoms with Crippen LogP contribution < -0.4 is 0 Å². The van der Waals surface area contributed by atoms with Crippen LogP contribution in [0, 0.1) is 0 Å². The van der Waals surface area contributed by atoms with E-state index in [9.17, 15) is 9.18 Å². The maximum Gasteiger partial charge on any atom is 0.124 e. The molecular formula is C15H11BrClFO. The van der Waals surface area contributed by atoms with Gasteiger partial charge in [0.1, 0.15) is 13.0 Å².